The third-order valence-electron chi connectivity index (χ3n) is 6.35. The summed E-state index contributed by atoms with van der Waals surface area (Å²) in [6.07, 6.45) is 7.48. The number of hydrogen-bond donors (Lipinski definition) is 2. The van der Waals surface area contributed by atoms with Gasteiger partial charge in [0.25, 0.3) is 0 Å². The highest BCUT2D eigenvalue weighted by molar-refractivity contribution is 5.85. The van der Waals surface area contributed by atoms with Crippen molar-refractivity contribution >= 4 is 11.3 Å². The van der Waals surface area contributed by atoms with Crippen LogP contribution >= 0.6 is 0 Å². The molecule has 30 heavy (non-hydrogen) atoms. The Morgan fingerprint density at radius 3 is 2.53 bits per heavy atom. The van der Waals surface area contributed by atoms with Crippen LogP contribution in [0.5, 0.6) is 11.5 Å². The van der Waals surface area contributed by atoms with E-state index in [2.05, 4.69) is 14.7 Å². The molecule has 1 spiro atoms. The molecule has 1 saturated heterocycles. The van der Waals surface area contributed by atoms with Gasteiger partial charge < -0.3 is 15.8 Å². The zero-order valence-corrected chi connectivity index (χ0v) is 16.6. The Morgan fingerprint density at radius 1 is 1.03 bits per heavy atom. The normalized spacial score (nSPS) is 19.4. The zero-order valence-electron chi connectivity index (χ0n) is 16.6. The maximum Gasteiger partial charge on any atom is 0.150 e. The van der Waals surface area contributed by atoms with Gasteiger partial charge in [0.1, 0.15) is 34.4 Å². The minimum Gasteiger partial charge on any atom is -0.457 e. The number of nitrogens with zero attached hydrogens (tertiary/aromatic N) is 3. The average molecular weight is 397 g/mol. The minimum atomic E-state index is 0.247. The van der Waals surface area contributed by atoms with Crippen molar-refractivity contribution in [2.45, 2.75) is 25.3 Å². The lowest BCUT2D eigenvalue weighted by molar-refractivity contribution is 0.483. The summed E-state index contributed by atoms with van der Waals surface area (Å²) in [5.74, 6) is 3.11. The highest BCUT2D eigenvalue weighted by Gasteiger charge is 2.49. The van der Waals surface area contributed by atoms with Crippen molar-refractivity contribution in [2.24, 2.45) is 5.41 Å². The molecular formula is C24H23N5O. The maximum absolute atomic E-state index is 6.29. The van der Waals surface area contributed by atoms with Crippen molar-refractivity contribution in [2.75, 3.05) is 12.3 Å². The van der Waals surface area contributed by atoms with E-state index in [1.807, 2.05) is 60.8 Å². The molecule has 0 radical (unpaired) electrons. The van der Waals surface area contributed by atoms with Crippen molar-refractivity contribution in [1.29, 1.82) is 0 Å². The fraction of sp³-hybridized carbons (Fsp3) is 0.250. The molecule has 2 fully saturated rings. The van der Waals surface area contributed by atoms with Crippen molar-refractivity contribution in [3.8, 4) is 22.8 Å². The number of aromatic nitrogens is 3. The first-order valence-electron chi connectivity index (χ1n) is 10.4. The second-order valence-corrected chi connectivity index (χ2v) is 8.43. The quantitative estimate of drug-likeness (QED) is 0.527. The molecule has 1 aliphatic carbocycles. The van der Waals surface area contributed by atoms with E-state index in [0.29, 0.717) is 11.2 Å². The Labute approximate surface area is 174 Å². The molecule has 2 aliphatic rings. The van der Waals surface area contributed by atoms with E-state index >= 15 is 0 Å². The molecular weight excluding hydrogens is 374 g/mol. The number of nitrogens with two attached hydrogens (primary N) is 1. The number of nitrogens with one attached hydrogen (secondary N) is 1. The van der Waals surface area contributed by atoms with Gasteiger partial charge in [0.2, 0.25) is 0 Å². The lowest BCUT2D eigenvalue weighted by Gasteiger charge is -2.09. The second-order valence-electron chi connectivity index (χ2n) is 8.43. The Balaban J connectivity index is 1.37. The summed E-state index contributed by atoms with van der Waals surface area (Å²) in [4.78, 5) is 9.37. The highest BCUT2D eigenvalue weighted by Crippen LogP contribution is 2.55. The summed E-state index contributed by atoms with van der Waals surface area (Å²) in [7, 11) is 0. The van der Waals surface area contributed by atoms with Crippen LogP contribution in [-0.2, 0) is 0 Å². The molecule has 6 nitrogen and oxygen atoms in total. The van der Waals surface area contributed by atoms with Crippen molar-refractivity contribution < 1.29 is 4.74 Å². The minimum absolute atomic E-state index is 0.247. The van der Waals surface area contributed by atoms with Gasteiger partial charge in [0.05, 0.1) is 6.04 Å². The highest BCUT2D eigenvalue weighted by atomic mass is 16.5. The van der Waals surface area contributed by atoms with Crippen LogP contribution in [0.1, 0.15) is 31.1 Å². The van der Waals surface area contributed by atoms with E-state index in [1.54, 1.807) is 6.20 Å². The molecule has 6 rings (SSSR count). The molecule has 0 amide bonds. The number of rotatable bonds is 4. The number of ether oxygens (including phenoxy) is 1. The first kappa shape index (κ1) is 17.5. The topological polar surface area (TPSA) is 77.5 Å². The SMILES string of the molecule is Nc1nccn2c([C@@H]3CC4(CC4)CN3)nc(-c3ccc(Oc4ccccc4)cc3)c12. The molecule has 3 heterocycles. The molecule has 1 aliphatic heterocycles. The number of imidazole rings is 1. The summed E-state index contributed by atoms with van der Waals surface area (Å²) >= 11 is 0. The maximum atomic E-state index is 6.29. The number of anilines is 1. The van der Waals surface area contributed by atoms with Gasteiger partial charge in [-0.05, 0) is 61.1 Å². The van der Waals surface area contributed by atoms with Crippen LogP contribution in [0.15, 0.2) is 67.0 Å². The molecule has 6 heteroatoms. The third kappa shape index (κ3) is 2.92. The number of nitrogen functional groups attached to an aromatic ring is 1. The summed E-state index contributed by atoms with van der Waals surface area (Å²) in [6, 6.07) is 18.0. The van der Waals surface area contributed by atoms with Gasteiger partial charge in [0, 0.05) is 24.5 Å². The average Bonchev–Trinajstić information content (AvgIpc) is 3.22. The van der Waals surface area contributed by atoms with E-state index in [0.717, 1.165) is 47.1 Å². The first-order valence-corrected chi connectivity index (χ1v) is 10.4. The largest absolute Gasteiger partial charge is 0.457 e. The van der Waals surface area contributed by atoms with Crippen LogP contribution in [0.2, 0.25) is 0 Å². The molecule has 0 unspecified atom stereocenters. The lowest BCUT2D eigenvalue weighted by atomic mass is 10.0. The molecule has 4 aromatic rings. The predicted molar refractivity (Wildman–Crippen MR) is 116 cm³/mol. The van der Waals surface area contributed by atoms with Crippen LogP contribution in [0.25, 0.3) is 16.8 Å². The van der Waals surface area contributed by atoms with Gasteiger partial charge in [-0.15, -0.1) is 0 Å². The molecule has 1 saturated carbocycles. The van der Waals surface area contributed by atoms with E-state index in [-0.39, 0.29) is 6.04 Å². The van der Waals surface area contributed by atoms with Crippen LogP contribution in [-0.4, -0.2) is 20.9 Å². The van der Waals surface area contributed by atoms with Crippen LogP contribution in [0, 0.1) is 5.41 Å². The van der Waals surface area contributed by atoms with Gasteiger partial charge in [-0.3, -0.25) is 4.40 Å². The molecule has 0 bridgehead atoms. The van der Waals surface area contributed by atoms with Crippen LogP contribution in [0.4, 0.5) is 5.82 Å². The van der Waals surface area contributed by atoms with Gasteiger partial charge >= 0.3 is 0 Å². The molecule has 150 valence electrons. The fourth-order valence-corrected chi connectivity index (χ4v) is 4.50. The fourth-order valence-electron chi connectivity index (χ4n) is 4.50. The number of fused-ring (bicyclic) bond motifs is 1. The number of benzene rings is 2. The lowest BCUT2D eigenvalue weighted by Crippen LogP contribution is -2.16. The van der Waals surface area contributed by atoms with Crippen molar-refractivity contribution in [3.05, 3.63) is 72.8 Å². The van der Waals surface area contributed by atoms with Crippen LogP contribution < -0.4 is 15.8 Å². The Hall–Kier alpha value is -3.38. The number of hydrogen-bond acceptors (Lipinski definition) is 5. The molecule has 3 N–H and O–H groups in total. The van der Waals surface area contributed by atoms with E-state index < -0.39 is 0 Å². The van der Waals surface area contributed by atoms with E-state index in [9.17, 15) is 0 Å². The zero-order chi connectivity index (χ0) is 20.1. The summed E-state index contributed by atoms with van der Waals surface area (Å²) in [5, 5.41) is 3.67. The van der Waals surface area contributed by atoms with E-state index in [1.165, 1.54) is 12.8 Å². The Kier molecular flexibility index (Phi) is 3.83. The predicted octanol–water partition coefficient (Wildman–Crippen LogP) is 4.59. The smallest absolute Gasteiger partial charge is 0.150 e. The second kappa shape index (κ2) is 6.57. The molecule has 2 aromatic heterocycles. The third-order valence-corrected chi connectivity index (χ3v) is 6.35. The van der Waals surface area contributed by atoms with Gasteiger partial charge in [-0.1, -0.05) is 18.2 Å². The monoisotopic (exact) mass is 397 g/mol. The van der Waals surface area contributed by atoms with Gasteiger partial charge in [-0.25, -0.2) is 9.97 Å². The molecule has 2 aromatic carbocycles. The van der Waals surface area contributed by atoms with Crippen molar-refractivity contribution in [3.63, 3.8) is 0 Å². The first-order chi connectivity index (χ1) is 14.7. The summed E-state index contributed by atoms with van der Waals surface area (Å²) < 4.78 is 8.03. The van der Waals surface area contributed by atoms with Crippen LogP contribution in [0.3, 0.4) is 0 Å². The Morgan fingerprint density at radius 2 is 1.80 bits per heavy atom. The van der Waals surface area contributed by atoms with Gasteiger partial charge in [-0.2, -0.15) is 0 Å². The Bertz CT molecular complexity index is 1210. The molecule has 1 atom stereocenters. The van der Waals surface area contributed by atoms with Gasteiger partial charge in [0.15, 0.2) is 0 Å². The summed E-state index contributed by atoms with van der Waals surface area (Å²) in [5.41, 5.74) is 9.50. The van der Waals surface area contributed by atoms with E-state index in [4.69, 9.17) is 15.5 Å². The van der Waals surface area contributed by atoms with Crippen molar-refractivity contribution in [1.82, 2.24) is 19.7 Å². The summed E-state index contributed by atoms with van der Waals surface area (Å²) in [6.45, 7) is 1.08. The number of para-hydroxylation sites is 1. The standard InChI is InChI=1S/C24H23N5O/c25-22-21-20(16-6-8-18(9-7-16)30-17-4-2-1-3-5-17)28-23(29(21)13-12-26-22)19-14-24(10-11-24)15-27-19/h1-9,12-13,19,27H,10-11,14-15H2,(H2,25,26)/t19-/m0/s1.